The molecule has 2 aromatic carbocycles. The fourth-order valence-corrected chi connectivity index (χ4v) is 1.75. The molecule has 0 N–H and O–H groups in total. The smallest absolute Gasteiger partial charge is 0.416 e. The summed E-state index contributed by atoms with van der Waals surface area (Å²) in [5.41, 5.74) is -1.16. The van der Waals surface area contributed by atoms with Crippen LogP contribution in [0.25, 0.3) is 0 Å². The summed E-state index contributed by atoms with van der Waals surface area (Å²) in [6.07, 6.45) is -4.50. The van der Waals surface area contributed by atoms with Gasteiger partial charge in [-0.2, -0.15) is 13.2 Å². The Morgan fingerprint density at radius 3 is 2.50 bits per heavy atom. The van der Waals surface area contributed by atoms with Crippen molar-refractivity contribution >= 4 is 5.69 Å². The molecule has 0 aliphatic carbocycles. The van der Waals surface area contributed by atoms with Crippen molar-refractivity contribution in [1.29, 1.82) is 0 Å². The molecule has 2 aromatic rings. The molecule has 0 radical (unpaired) electrons. The van der Waals surface area contributed by atoms with Gasteiger partial charge in [0, 0.05) is 12.1 Å². The molecule has 0 heterocycles. The SMILES string of the molecule is O=[N+]([O-])c1ccc(F)cc1OCc1cccc(C(F)(F)F)c1. The first-order chi connectivity index (χ1) is 10.3. The predicted molar refractivity (Wildman–Crippen MR) is 68.8 cm³/mol. The molecule has 2 rings (SSSR count). The molecule has 4 nitrogen and oxygen atoms in total. The Balaban J connectivity index is 2.20. The van der Waals surface area contributed by atoms with E-state index in [1.807, 2.05) is 0 Å². The fraction of sp³-hybridized carbons (Fsp3) is 0.143. The van der Waals surface area contributed by atoms with Crippen LogP contribution in [0.3, 0.4) is 0 Å². The van der Waals surface area contributed by atoms with Crippen LogP contribution in [0.15, 0.2) is 42.5 Å². The topological polar surface area (TPSA) is 52.4 Å². The summed E-state index contributed by atoms with van der Waals surface area (Å²) < 4.78 is 55.9. The lowest BCUT2D eigenvalue weighted by atomic mass is 10.1. The van der Waals surface area contributed by atoms with Gasteiger partial charge >= 0.3 is 11.9 Å². The van der Waals surface area contributed by atoms with E-state index in [1.54, 1.807) is 0 Å². The normalized spacial score (nSPS) is 11.3. The first-order valence-electron chi connectivity index (χ1n) is 6.00. The summed E-state index contributed by atoms with van der Waals surface area (Å²) in [7, 11) is 0. The number of ether oxygens (including phenoxy) is 1. The van der Waals surface area contributed by atoms with E-state index in [9.17, 15) is 27.7 Å². The van der Waals surface area contributed by atoms with E-state index >= 15 is 0 Å². The molecule has 0 bridgehead atoms. The molecule has 0 aliphatic rings. The van der Waals surface area contributed by atoms with Crippen LogP contribution in [-0.4, -0.2) is 4.92 Å². The van der Waals surface area contributed by atoms with Crippen molar-refractivity contribution in [3.63, 3.8) is 0 Å². The summed E-state index contributed by atoms with van der Waals surface area (Å²) in [6.45, 7) is -0.353. The van der Waals surface area contributed by atoms with Crippen molar-refractivity contribution in [1.82, 2.24) is 0 Å². The average Bonchev–Trinajstić information content (AvgIpc) is 2.44. The largest absolute Gasteiger partial charge is 0.482 e. The van der Waals surface area contributed by atoms with E-state index in [0.29, 0.717) is 0 Å². The zero-order chi connectivity index (χ0) is 16.3. The van der Waals surface area contributed by atoms with Crippen LogP contribution in [0.1, 0.15) is 11.1 Å². The highest BCUT2D eigenvalue weighted by molar-refractivity contribution is 5.46. The Morgan fingerprint density at radius 2 is 1.86 bits per heavy atom. The number of halogens is 4. The minimum Gasteiger partial charge on any atom is -0.482 e. The fourth-order valence-electron chi connectivity index (χ4n) is 1.75. The zero-order valence-electron chi connectivity index (χ0n) is 10.9. The van der Waals surface area contributed by atoms with E-state index < -0.39 is 28.2 Å². The Kier molecular flexibility index (Phi) is 4.30. The maximum atomic E-state index is 13.1. The lowest BCUT2D eigenvalue weighted by molar-refractivity contribution is -0.386. The van der Waals surface area contributed by atoms with Crippen LogP contribution >= 0.6 is 0 Å². The van der Waals surface area contributed by atoms with E-state index in [0.717, 1.165) is 30.3 Å². The van der Waals surface area contributed by atoms with Gasteiger partial charge in [-0.1, -0.05) is 12.1 Å². The first kappa shape index (κ1) is 15.7. The maximum Gasteiger partial charge on any atom is 0.416 e. The molecule has 0 aliphatic heterocycles. The van der Waals surface area contributed by atoms with Gasteiger partial charge in [-0.15, -0.1) is 0 Å². The number of hydrogen-bond donors (Lipinski definition) is 0. The van der Waals surface area contributed by atoms with Crippen molar-refractivity contribution in [3.8, 4) is 5.75 Å². The minimum absolute atomic E-state index is 0.161. The Hall–Kier alpha value is -2.64. The van der Waals surface area contributed by atoms with Gasteiger partial charge in [0.15, 0.2) is 5.75 Å². The molecule has 0 atom stereocenters. The molecule has 116 valence electrons. The summed E-state index contributed by atoms with van der Waals surface area (Å²) in [5, 5.41) is 10.8. The third kappa shape index (κ3) is 3.72. The summed E-state index contributed by atoms with van der Waals surface area (Å²) in [5.74, 6) is -1.09. The molecular formula is C14H9F4NO3. The van der Waals surface area contributed by atoms with E-state index in [-0.39, 0.29) is 17.9 Å². The van der Waals surface area contributed by atoms with Crippen LogP contribution in [0.5, 0.6) is 5.75 Å². The van der Waals surface area contributed by atoms with Crippen LogP contribution in [-0.2, 0) is 12.8 Å². The van der Waals surface area contributed by atoms with Gasteiger partial charge in [-0.05, 0) is 23.8 Å². The van der Waals surface area contributed by atoms with Gasteiger partial charge < -0.3 is 4.74 Å². The Morgan fingerprint density at radius 1 is 1.14 bits per heavy atom. The Bertz CT molecular complexity index is 701. The van der Waals surface area contributed by atoms with E-state index in [4.69, 9.17) is 4.74 Å². The van der Waals surface area contributed by atoms with Crippen LogP contribution in [0.4, 0.5) is 23.2 Å². The standard InChI is InChI=1S/C14H9F4NO3/c15-11-4-5-12(19(20)21)13(7-11)22-8-9-2-1-3-10(6-9)14(16,17)18/h1-7H,8H2. The van der Waals surface area contributed by atoms with Crippen molar-refractivity contribution in [2.75, 3.05) is 0 Å². The third-order valence-corrected chi connectivity index (χ3v) is 2.77. The molecule has 0 fully saturated rings. The average molecular weight is 315 g/mol. The number of nitro benzene ring substituents is 1. The zero-order valence-corrected chi connectivity index (χ0v) is 10.9. The van der Waals surface area contributed by atoms with Crippen LogP contribution in [0, 0.1) is 15.9 Å². The maximum absolute atomic E-state index is 13.1. The summed E-state index contributed by atoms with van der Waals surface area (Å²) in [6, 6.07) is 6.97. The van der Waals surface area contributed by atoms with Gasteiger partial charge in [0.25, 0.3) is 0 Å². The van der Waals surface area contributed by atoms with Gasteiger partial charge in [-0.25, -0.2) is 4.39 Å². The molecule has 0 saturated heterocycles. The number of alkyl halides is 3. The van der Waals surface area contributed by atoms with Gasteiger partial charge in [0.05, 0.1) is 10.5 Å². The minimum atomic E-state index is -4.50. The third-order valence-electron chi connectivity index (χ3n) is 2.77. The van der Waals surface area contributed by atoms with Crippen molar-refractivity contribution < 1.29 is 27.2 Å². The van der Waals surface area contributed by atoms with Crippen molar-refractivity contribution in [2.24, 2.45) is 0 Å². The van der Waals surface area contributed by atoms with Gasteiger partial charge in [0.2, 0.25) is 0 Å². The summed E-state index contributed by atoms with van der Waals surface area (Å²) >= 11 is 0. The highest BCUT2D eigenvalue weighted by Gasteiger charge is 2.30. The molecule has 0 amide bonds. The van der Waals surface area contributed by atoms with Crippen LogP contribution in [0.2, 0.25) is 0 Å². The predicted octanol–water partition coefficient (Wildman–Crippen LogP) is 4.33. The Labute approximate surface area is 122 Å². The van der Waals surface area contributed by atoms with Gasteiger partial charge in [0.1, 0.15) is 12.4 Å². The number of benzene rings is 2. The number of hydrogen-bond acceptors (Lipinski definition) is 3. The second kappa shape index (κ2) is 6.00. The van der Waals surface area contributed by atoms with E-state index in [2.05, 4.69) is 0 Å². The van der Waals surface area contributed by atoms with E-state index in [1.165, 1.54) is 12.1 Å². The van der Waals surface area contributed by atoms with Gasteiger partial charge in [-0.3, -0.25) is 10.1 Å². The quantitative estimate of drug-likeness (QED) is 0.479. The highest BCUT2D eigenvalue weighted by atomic mass is 19.4. The highest BCUT2D eigenvalue weighted by Crippen LogP contribution is 2.31. The number of nitro groups is 1. The molecule has 0 saturated carbocycles. The van der Waals surface area contributed by atoms with Crippen molar-refractivity contribution in [2.45, 2.75) is 12.8 Å². The number of rotatable bonds is 4. The first-order valence-corrected chi connectivity index (χ1v) is 6.00. The monoisotopic (exact) mass is 315 g/mol. The van der Waals surface area contributed by atoms with Crippen LogP contribution < -0.4 is 4.74 Å². The molecule has 22 heavy (non-hydrogen) atoms. The molecule has 0 aromatic heterocycles. The van der Waals surface area contributed by atoms with Crippen molar-refractivity contribution in [3.05, 3.63) is 69.5 Å². The molecule has 0 unspecified atom stereocenters. The second-order valence-electron chi connectivity index (χ2n) is 4.36. The molecule has 8 heteroatoms. The lowest BCUT2D eigenvalue weighted by Gasteiger charge is -2.10. The second-order valence-corrected chi connectivity index (χ2v) is 4.36. The molecule has 0 spiro atoms. The summed E-state index contributed by atoms with van der Waals surface area (Å²) in [4.78, 5) is 10.0. The molecular weight excluding hydrogens is 306 g/mol. The number of nitrogens with zero attached hydrogens (tertiary/aromatic N) is 1. The lowest BCUT2D eigenvalue weighted by Crippen LogP contribution is -2.06.